The van der Waals surface area contributed by atoms with Crippen LogP contribution in [0.15, 0.2) is 15.9 Å². The zero-order valence-electron chi connectivity index (χ0n) is 10.7. The number of amides is 1. The monoisotopic (exact) mass is 347 g/mol. The fraction of sp³-hybridized carbons (Fsp3) is 0.615. The standard InChI is InChI=1S/C13H18BrNO3S/c14-10-7-11(19-8-10)12(17)15-9-13(18-6-5-16)3-1-2-4-13/h7-8,16H,1-6,9H2,(H,15,17). The number of carbonyl (C=O) groups is 1. The summed E-state index contributed by atoms with van der Waals surface area (Å²) in [6.45, 7) is 0.870. The number of carbonyl (C=O) groups excluding carboxylic acids is 1. The van der Waals surface area contributed by atoms with E-state index >= 15 is 0 Å². The first-order valence-electron chi connectivity index (χ1n) is 6.42. The number of thiophene rings is 1. The summed E-state index contributed by atoms with van der Waals surface area (Å²) >= 11 is 4.76. The van der Waals surface area contributed by atoms with Gasteiger partial charge in [-0.15, -0.1) is 11.3 Å². The van der Waals surface area contributed by atoms with Gasteiger partial charge >= 0.3 is 0 Å². The molecule has 0 saturated heterocycles. The predicted molar refractivity (Wildman–Crippen MR) is 78.6 cm³/mol. The Morgan fingerprint density at radius 2 is 2.26 bits per heavy atom. The first-order valence-corrected chi connectivity index (χ1v) is 8.09. The molecular formula is C13H18BrNO3S. The van der Waals surface area contributed by atoms with Gasteiger partial charge in [0.25, 0.3) is 5.91 Å². The second kappa shape index (κ2) is 6.83. The molecule has 6 heteroatoms. The van der Waals surface area contributed by atoms with E-state index in [0.717, 1.165) is 30.2 Å². The van der Waals surface area contributed by atoms with Gasteiger partial charge in [0.15, 0.2) is 0 Å². The Morgan fingerprint density at radius 1 is 1.53 bits per heavy atom. The van der Waals surface area contributed by atoms with Crippen molar-refractivity contribution in [2.45, 2.75) is 31.3 Å². The van der Waals surface area contributed by atoms with E-state index in [1.165, 1.54) is 11.3 Å². The average molecular weight is 348 g/mol. The lowest BCUT2D eigenvalue weighted by atomic mass is 10.0. The van der Waals surface area contributed by atoms with Crippen molar-refractivity contribution in [3.8, 4) is 0 Å². The van der Waals surface area contributed by atoms with Gasteiger partial charge in [-0.3, -0.25) is 4.79 Å². The Morgan fingerprint density at radius 3 is 2.84 bits per heavy atom. The minimum atomic E-state index is -0.285. The molecule has 1 saturated carbocycles. The molecule has 1 aliphatic rings. The molecule has 0 spiro atoms. The molecule has 1 aromatic rings. The van der Waals surface area contributed by atoms with Gasteiger partial charge in [0, 0.05) is 16.4 Å². The highest BCUT2D eigenvalue weighted by atomic mass is 79.9. The lowest BCUT2D eigenvalue weighted by molar-refractivity contribution is -0.0511. The third kappa shape index (κ3) is 4.02. The van der Waals surface area contributed by atoms with E-state index in [-0.39, 0.29) is 18.1 Å². The summed E-state index contributed by atoms with van der Waals surface area (Å²) in [5.41, 5.74) is -0.285. The Hall–Kier alpha value is -0.430. The second-order valence-corrected chi connectivity index (χ2v) is 6.60. The fourth-order valence-corrected chi connectivity index (χ4v) is 3.76. The number of aliphatic hydroxyl groups excluding tert-OH is 1. The summed E-state index contributed by atoms with van der Waals surface area (Å²) in [5, 5.41) is 13.7. The second-order valence-electron chi connectivity index (χ2n) is 4.77. The van der Waals surface area contributed by atoms with Crippen molar-refractivity contribution in [1.82, 2.24) is 5.32 Å². The number of rotatable bonds is 6. The molecule has 19 heavy (non-hydrogen) atoms. The number of hydrogen-bond acceptors (Lipinski definition) is 4. The molecular weight excluding hydrogens is 330 g/mol. The van der Waals surface area contributed by atoms with Gasteiger partial charge in [0.1, 0.15) is 0 Å². The molecule has 2 rings (SSSR count). The largest absolute Gasteiger partial charge is 0.394 e. The Labute approximate surface area is 125 Å². The first kappa shape index (κ1) is 15.0. The van der Waals surface area contributed by atoms with Gasteiger partial charge < -0.3 is 15.2 Å². The van der Waals surface area contributed by atoms with E-state index in [9.17, 15) is 4.79 Å². The molecule has 1 fully saturated rings. The highest BCUT2D eigenvalue weighted by Crippen LogP contribution is 2.32. The van der Waals surface area contributed by atoms with E-state index in [2.05, 4.69) is 21.2 Å². The number of ether oxygens (including phenoxy) is 1. The number of nitrogens with one attached hydrogen (secondary N) is 1. The van der Waals surface area contributed by atoms with Crippen molar-refractivity contribution >= 4 is 33.2 Å². The average Bonchev–Trinajstić information content (AvgIpc) is 3.03. The normalized spacial score (nSPS) is 17.6. The van der Waals surface area contributed by atoms with Crippen molar-refractivity contribution in [2.24, 2.45) is 0 Å². The van der Waals surface area contributed by atoms with E-state index in [1.54, 1.807) is 0 Å². The van der Waals surface area contributed by atoms with Crippen molar-refractivity contribution in [1.29, 1.82) is 0 Å². The third-order valence-electron chi connectivity index (χ3n) is 3.38. The van der Waals surface area contributed by atoms with Crippen LogP contribution in [0.25, 0.3) is 0 Å². The molecule has 1 amide bonds. The topological polar surface area (TPSA) is 58.6 Å². The predicted octanol–water partition coefficient (Wildman–Crippen LogP) is 2.56. The summed E-state index contributed by atoms with van der Waals surface area (Å²) in [7, 11) is 0. The lowest BCUT2D eigenvalue weighted by Crippen LogP contribution is -2.43. The number of aliphatic hydroxyl groups is 1. The Bertz CT molecular complexity index is 429. The highest BCUT2D eigenvalue weighted by Gasteiger charge is 2.35. The summed E-state index contributed by atoms with van der Waals surface area (Å²) < 4.78 is 6.69. The maximum atomic E-state index is 12.0. The molecule has 1 aliphatic carbocycles. The van der Waals surface area contributed by atoms with Crippen molar-refractivity contribution in [3.63, 3.8) is 0 Å². The summed E-state index contributed by atoms with van der Waals surface area (Å²) in [6, 6.07) is 1.82. The van der Waals surface area contributed by atoms with Gasteiger partial charge in [0.05, 0.1) is 23.7 Å². The molecule has 2 N–H and O–H groups in total. The van der Waals surface area contributed by atoms with Gasteiger partial charge in [-0.25, -0.2) is 0 Å². The molecule has 0 radical (unpaired) electrons. The third-order valence-corrected chi connectivity index (χ3v) is 5.07. The minimum absolute atomic E-state index is 0.0214. The number of hydrogen-bond donors (Lipinski definition) is 2. The van der Waals surface area contributed by atoms with E-state index < -0.39 is 0 Å². The van der Waals surface area contributed by atoms with Gasteiger partial charge in [-0.1, -0.05) is 12.8 Å². The van der Waals surface area contributed by atoms with E-state index in [0.29, 0.717) is 18.0 Å². The molecule has 0 atom stereocenters. The molecule has 0 aromatic carbocycles. The molecule has 4 nitrogen and oxygen atoms in total. The number of halogens is 1. The first-order chi connectivity index (χ1) is 9.15. The molecule has 0 aliphatic heterocycles. The quantitative estimate of drug-likeness (QED) is 0.831. The SMILES string of the molecule is O=C(NCC1(OCCO)CCCC1)c1cc(Br)cs1. The van der Waals surface area contributed by atoms with E-state index in [4.69, 9.17) is 9.84 Å². The smallest absolute Gasteiger partial charge is 0.261 e. The molecule has 1 heterocycles. The van der Waals surface area contributed by atoms with E-state index in [1.807, 2.05) is 11.4 Å². The summed E-state index contributed by atoms with van der Waals surface area (Å²) in [4.78, 5) is 12.7. The van der Waals surface area contributed by atoms with Crippen LogP contribution in [-0.2, 0) is 4.74 Å². The van der Waals surface area contributed by atoms with Crippen molar-refractivity contribution in [3.05, 3.63) is 20.8 Å². The van der Waals surface area contributed by atoms with Crippen LogP contribution in [0.5, 0.6) is 0 Å². The van der Waals surface area contributed by atoms with Crippen LogP contribution in [0, 0.1) is 0 Å². The molecule has 106 valence electrons. The zero-order chi connectivity index (χ0) is 13.7. The molecule has 0 bridgehead atoms. The molecule has 1 aromatic heterocycles. The Kier molecular flexibility index (Phi) is 5.38. The zero-order valence-corrected chi connectivity index (χ0v) is 13.1. The summed E-state index contributed by atoms with van der Waals surface area (Å²) in [6.07, 6.45) is 4.13. The van der Waals surface area contributed by atoms with Crippen molar-refractivity contribution in [2.75, 3.05) is 19.8 Å². The van der Waals surface area contributed by atoms with Crippen LogP contribution in [0.1, 0.15) is 35.4 Å². The minimum Gasteiger partial charge on any atom is -0.394 e. The maximum Gasteiger partial charge on any atom is 0.261 e. The lowest BCUT2D eigenvalue weighted by Gasteiger charge is -2.29. The fourth-order valence-electron chi connectivity index (χ4n) is 2.41. The van der Waals surface area contributed by atoms with Crippen LogP contribution in [-0.4, -0.2) is 36.4 Å². The van der Waals surface area contributed by atoms with Crippen LogP contribution in [0.4, 0.5) is 0 Å². The van der Waals surface area contributed by atoms with Crippen LogP contribution >= 0.6 is 27.3 Å². The van der Waals surface area contributed by atoms with Gasteiger partial charge in [0.2, 0.25) is 0 Å². The highest BCUT2D eigenvalue weighted by molar-refractivity contribution is 9.10. The van der Waals surface area contributed by atoms with Crippen LogP contribution in [0.2, 0.25) is 0 Å². The maximum absolute atomic E-state index is 12.0. The van der Waals surface area contributed by atoms with Crippen LogP contribution in [0.3, 0.4) is 0 Å². The summed E-state index contributed by atoms with van der Waals surface area (Å²) in [5.74, 6) is -0.0606. The van der Waals surface area contributed by atoms with Gasteiger partial charge in [-0.05, 0) is 34.8 Å². The molecule has 0 unspecified atom stereocenters. The van der Waals surface area contributed by atoms with Crippen LogP contribution < -0.4 is 5.32 Å². The van der Waals surface area contributed by atoms with Crippen molar-refractivity contribution < 1.29 is 14.6 Å². The van der Waals surface area contributed by atoms with Gasteiger partial charge in [-0.2, -0.15) is 0 Å². The Balaban J connectivity index is 1.90.